The molecule has 0 aliphatic carbocycles. The second-order valence-corrected chi connectivity index (χ2v) is 13.4. The number of nitrogens with one attached hydrogen (secondary N) is 1. The number of imide groups is 1. The molecule has 0 spiro atoms. The predicted molar refractivity (Wildman–Crippen MR) is 174 cm³/mol. The highest BCUT2D eigenvalue weighted by Crippen LogP contribution is 2.41. The van der Waals surface area contributed by atoms with Crippen molar-refractivity contribution >= 4 is 23.4 Å². The SMILES string of the molecule is C=C1CC(OC)(C(O)C(=O)NC(OCc2ccc(N3C(=O)C=CC3=O)cc2)C2CC(O)C(C)(C)C(CC(COC)OC)O2)OC(C)C1C. The molecule has 9 unspecified atom stereocenters. The van der Waals surface area contributed by atoms with Gasteiger partial charge < -0.3 is 44.0 Å². The van der Waals surface area contributed by atoms with Gasteiger partial charge in [-0.15, -0.1) is 0 Å². The Hall–Kier alpha value is -3.01. The number of carbonyl (C=O) groups excluding carboxylic acids is 3. The van der Waals surface area contributed by atoms with E-state index in [1.54, 1.807) is 38.5 Å². The van der Waals surface area contributed by atoms with Crippen molar-refractivity contribution in [3.05, 3.63) is 54.1 Å². The van der Waals surface area contributed by atoms with Crippen LogP contribution >= 0.6 is 0 Å². The fourth-order valence-corrected chi connectivity index (χ4v) is 6.30. The number of aliphatic hydroxyl groups excluding tert-OH is 2. The van der Waals surface area contributed by atoms with Crippen LogP contribution in [-0.2, 0) is 49.4 Å². The maximum absolute atomic E-state index is 13.8. The monoisotopic (exact) mass is 674 g/mol. The van der Waals surface area contributed by atoms with Crippen LogP contribution < -0.4 is 10.2 Å². The Morgan fingerprint density at radius 1 is 1.12 bits per heavy atom. The number of nitrogens with zero attached hydrogens (tertiary/aromatic N) is 1. The number of ether oxygens (including phenoxy) is 6. The van der Waals surface area contributed by atoms with E-state index >= 15 is 0 Å². The molecule has 3 N–H and O–H groups in total. The number of hydrogen-bond acceptors (Lipinski definition) is 11. The van der Waals surface area contributed by atoms with Crippen molar-refractivity contribution < 1.29 is 53.0 Å². The van der Waals surface area contributed by atoms with Crippen molar-refractivity contribution in [2.45, 2.75) is 102 Å². The maximum atomic E-state index is 13.8. The molecule has 1 aromatic carbocycles. The number of methoxy groups -OCH3 is 3. The Kier molecular flexibility index (Phi) is 12.4. The van der Waals surface area contributed by atoms with Crippen molar-refractivity contribution in [3.63, 3.8) is 0 Å². The van der Waals surface area contributed by atoms with Crippen LogP contribution in [-0.4, -0.2) is 105 Å². The van der Waals surface area contributed by atoms with E-state index in [1.807, 2.05) is 27.7 Å². The first-order valence-corrected chi connectivity index (χ1v) is 16.2. The quantitative estimate of drug-likeness (QED) is 0.151. The van der Waals surface area contributed by atoms with Gasteiger partial charge in [-0.2, -0.15) is 0 Å². The predicted octanol–water partition coefficient (Wildman–Crippen LogP) is 2.38. The van der Waals surface area contributed by atoms with Crippen LogP contribution in [0.1, 0.15) is 52.5 Å². The Morgan fingerprint density at radius 2 is 1.77 bits per heavy atom. The molecule has 266 valence electrons. The van der Waals surface area contributed by atoms with Gasteiger partial charge in [0.05, 0.1) is 43.3 Å². The molecule has 0 saturated carbocycles. The van der Waals surface area contributed by atoms with Crippen molar-refractivity contribution in [2.24, 2.45) is 11.3 Å². The van der Waals surface area contributed by atoms with Gasteiger partial charge in [0.2, 0.25) is 5.79 Å². The molecule has 3 amide bonds. The lowest BCUT2D eigenvalue weighted by Crippen LogP contribution is -2.62. The van der Waals surface area contributed by atoms with E-state index in [4.69, 9.17) is 28.4 Å². The van der Waals surface area contributed by atoms with Crippen molar-refractivity contribution in [3.8, 4) is 0 Å². The average Bonchev–Trinajstić information content (AvgIpc) is 3.40. The van der Waals surface area contributed by atoms with Crippen LogP contribution in [0.5, 0.6) is 0 Å². The van der Waals surface area contributed by atoms with E-state index in [-0.39, 0.29) is 37.6 Å². The number of anilines is 1. The van der Waals surface area contributed by atoms with E-state index in [9.17, 15) is 24.6 Å². The molecule has 3 aliphatic rings. The molecule has 0 aromatic heterocycles. The Labute approximate surface area is 282 Å². The lowest BCUT2D eigenvalue weighted by atomic mass is 9.74. The average molecular weight is 675 g/mol. The highest BCUT2D eigenvalue weighted by molar-refractivity contribution is 6.28. The van der Waals surface area contributed by atoms with Crippen LogP contribution in [0.3, 0.4) is 0 Å². The largest absolute Gasteiger partial charge is 0.392 e. The van der Waals surface area contributed by atoms with Crippen molar-refractivity contribution in [2.75, 3.05) is 32.8 Å². The zero-order valence-electron chi connectivity index (χ0n) is 28.8. The minimum Gasteiger partial charge on any atom is -0.392 e. The minimum atomic E-state index is -1.76. The molecule has 1 aromatic rings. The van der Waals surface area contributed by atoms with Gasteiger partial charge in [0, 0.05) is 64.1 Å². The topological polar surface area (TPSA) is 162 Å². The van der Waals surface area contributed by atoms with Gasteiger partial charge in [-0.3, -0.25) is 14.4 Å². The zero-order chi connectivity index (χ0) is 35.4. The first-order valence-electron chi connectivity index (χ1n) is 16.2. The smallest absolute Gasteiger partial charge is 0.258 e. The van der Waals surface area contributed by atoms with E-state index in [0.29, 0.717) is 24.3 Å². The van der Waals surface area contributed by atoms with Gasteiger partial charge in [-0.1, -0.05) is 45.1 Å². The van der Waals surface area contributed by atoms with Gasteiger partial charge in [-0.25, -0.2) is 4.90 Å². The normalized spacial score (nSPS) is 30.7. The fraction of sp³-hybridized carbons (Fsp3) is 0.629. The molecule has 0 radical (unpaired) electrons. The Morgan fingerprint density at radius 3 is 2.33 bits per heavy atom. The molecular formula is C35H50N2O11. The summed E-state index contributed by atoms with van der Waals surface area (Å²) < 4.78 is 35.4. The number of benzene rings is 1. The molecule has 4 rings (SSSR count). The summed E-state index contributed by atoms with van der Waals surface area (Å²) >= 11 is 0. The van der Waals surface area contributed by atoms with E-state index < -0.39 is 59.6 Å². The Bertz CT molecular complexity index is 1330. The third kappa shape index (κ3) is 8.06. The highest BCUT2D eigenvalue weighted by Gasteiger charge is 2.51. The van der Waals surface area contributed by atoms with Gasteiger partial charge in [0.15, 0.2) is 12.3 Å². The molecule has 3 heterocycles. The van der Waals surface area contributed by atoms with Gasteiger partial charge in [0.1, 0.15) is 6.10 Å². The number of aliphatic hydroxyl groups is 2. The first kappa shape index (κ1) is 37.8. The highest BCUT2D eigenvalue weighted by atomic mass is 16.7. The maximum Gasteiger partial charge on any atom is 0.258 e. The molecule has 9 atom stereocenters. The van der Waals surface area contributed by atoms with Crippen LogP contribution in [0.4, 0.5) is 5.69 Å². The minimum absolute atomic E-state index is 0.00423. The summed E-state index contributed by atoms with van der Waals surface area (Å²) in [5.74, 6) is -3.36. The molecule has 13 heteroatoms. The summed E-state index contributed by atoms with van der Waals surface area (Å²) in [6.07, 6.45) is -2.72. The van der Waals surface area contributed by atoms with Crippen molar-refractivity contribution in [1.29, 1.82) is 0 Å². The summed E-state index contributed by atoms with van der Waals surface area (Å²) in [5.41, 5.74) is 1.18. The summed E-state index contributed by atoms with van der Waals surface area (Å²) in [6.45, 7) is 12.0. The van der Waals surface area contributed by atoms with Crippen LogP contribution in [0.25, 0.3) is 0 Å². The summed E-state index contributed by atoms with van der Waals surface area (Å²) in [5, 5.41) is 25.5. The number of amides is 3. The van der Waals surface area contributed by atoms with E-state index in [2.05, 4.69) is 11.9 Å². The standard InChI is InChI=1S/C35H50N2O11/c1-20-17-35(45-8,48-22(3)21(20)2)31(41)32(42)36-33(26-16-27(38)34(4,5)28(47-26)15-25(44-7)19-43-6)46-18-23-9-11-24(12-10-23)37-29(39)13-14-30(37)40/h9-14,21-22,25-28,31,33,38,41H,1,15-19H2,2-8H3,(H,36,42). The zero-order valence-corrected chi connectivity index (χ0v) is 28.8. The number of rotatable bonds is 14. The van der Waals surface area contributed by atoms with Crippen LogP contribution in [0.15, 0.2) is 48.6 Å². The summed E-state index contributed by atoms with van der Waals surface area (Å²) in [7, 11) is 4.52. The molecule has 2 fully saturated rings. The van der Waals surface area contributed by atoms with Gasteiger partial charge in [-0.05, 0) is 24.6 Å². The van der Waals surface area contributed by atoms with Crippen molar-refractivity contribution in [1.82, 2.24) is 5.32 Å². The van der Waals surface area contributed by atoms with E-state index in [1.165, 1.54) is 19.3 Å². The molecule has 13 nitrogen and oxygen atoms in total. The second-order valence-electron chi connectivity index (χ2n) is 13.4. The summed E-state index contributed by atoms with van der Waals surface area (Å²) in [6, 6.07) is 6.64. The molecule has 2 saturated heterocycles. The number of carbonyl (C=O) groups is 3. The fourth-order valence-electron chi connectivity index (χ4n) is 6.30. The molecule has 0 bridgehead atoms. The molecule has 3 aliphatic heterocycles. The van der Waals surface area contributed by atoms with Crippen LogP contribution in [0.2, 0.25) is 0 Å². The molecule has 48 heavy (non-hydrogen) atoms. The molecular weight excluding hydrogens is 624 g/mol. The lowest BCUT2D eigenvalue weighted by Gasteiger charge is -2.48. The third-order valence-corrected chi connectivity index (χ3v) is 9.92. The summed E-state index contributed by atoms with van der Waals surface area (Å²) in [4.78, 5) is 39.0. The third-order valence-electron chi connectivity index (χ3n) is 9.92. The first-order chi connectivity index (χ1) is 22.7. The van der Waals surface area contributed by atoms with E-state index in [0.717, 1.165) is 10.5 Å². The van der Waals surface area contributed by atoms with Gasteiger partial charge >= 0.3 is 0 Å². The van der Waals surface area contributed by atoms with Crippen LogP contribution in [0, 0.1) is 11.3 Å². The second kappa shape index (κ2) is 15.7. The number of hydrogen-bond donors (Lipinski definition) is 3. The Balaban J connectivity index is 1.57. The lowest BCUT2D eigenvalue weighted by molar-refractivity contribution is -0.298. The van der Waals surface area contributed by atoms with Gasteiger partial charge in [0.25, 0.3) is 17.7 Å².